The minimum absolute atomic E-state index is 0.0530. The summed E-state index contributed by atoms with van der Waals surface area (Å²) in [5.74, 6) is 0. The van der Waals surface area contributed by atoms with Gasteiger partial charge in [-0.2, -0.15) is 0 Å². The van der Waals surface area contributed by atoms with Gasteiger partial charge in [-0.05, 0) is 19.8 Å². The predicted octanol–water partition coefficient (Wildman–Crippen LogP) is 1.07. The first-order valence-corrected chi connectivity index (χ1v) is 4.75. The van der Waals surface area contributed by atoms with Crippen LogP contribution in [0, 0.1) is 0 Å². The molecule has 3 nitrogen and oxygen atoms in total. The summed E-state index contributed by atoms with van der Waals surface area (Å²) in [5, 5.41) is 20.0. The average molecular weight is 195 g/mol. The van der Waals surface area contributed by atoms with Crippen LogP contribution in [0.3, 0.4) is 0 Å². The Hall–Kier alpha value is -0.900. The lowest BCUT2D eigenvalue weighted by Gasteiger charge is -2.17. The van der Waals surface area contributed by atoms with Crippen LogP contribution < -0.4 is 5.32 Å². The van der Waals surface area contributed by atoms with Gasteiger partial charge in [-0.25, -0.2) is 0 Å². The average Bonchev–Trinajstić information content (AvgIpc) is 2.07. The molecule has 0 radical (unpaired) electrons. The van der Waals surface area contributed by atoms with E-state index >= 15 is 0 Å². The van der Waals surface area contributed by atoms with Gasteiger partial charge in [0, 0.05) is 6.04 Å². The maximum absolute atomic E-state index is 8.69. The van der Waals surface area contributed by atoms with Crippen LogP contribution in [0.1, 0.15) is 19.8 Å². The first kappa shape index (κ1) is 11.2. The van der Waals surface area contributed by atoms with Crippen molar-refractivity contribution in [1.82, 2.24) is 5.32 Å². The Kier molecular flexibility index (Phi) is 4.07. The minimum Gasteiger partial charge on any atom is -0.356 e. The minimum atomic E-state index is -1.44. The van der Waals surface area contributed by atoms with Gasteiger partial charge < -0.3 is 10.2 Å². The lowest BCUT2D eigenvalue weighted by Crippen LogP contribution is -2.36. The van der Waals surface area contributed by atoms with Crippen molar-refractivity contribution in [3.05, 3.63) is 36.0 Å². The standard InChI is InChI=1S/C11H17NO2/c1-8-3-5-10(6-4-8)7-9(2)12-11(13)14/h3,5-6,9,11-14H,1,4,7H2,2H3. The molecule has 0 heterocycles. The van der Waals surface area contributed by atoms with Crippen LogP contribution in [-0.4, -0.2) is 22.7 Å². The van der Waals surface area contributed by atoms with Crippen molar-refractivity contribution >= 4 is 0 Å². The molecule has 0 aromatic carbocycles. The fourth-order valence-corrected chi connectivity index (χ4v) is 1.44. The molecule has 3 heteroatoms. The molecule has 1 rings (SSSR count). The number of nitrogens with one attached hydrogen (secondary N) is 1. The molecule has 1 unspecified atom stereocenters. The third-order valence-corrected chi connectivity index (χ3v) is 2.14. The second kappa shape index (κ2) is 5.10. The number of allylic oxidation sites excluding steroid dienone is 4. The first-order valence-electron chi connectivity index (χ1n) is 4.75. The summed E-state index contributed by atoms with van der Waals surface area (Å²) in [5.41, 5.74) is 2.31. The topological polar surface area (TPSA) is 52.5 Å². The van der Waals surface area contributed by atoms with E-state index in [2.05, 4.69) is 18.0 Å². The van der Waals surface area contributed by atoms with Gasteiger partial charge in [0.2, 0.25) is 6.41 Å². The van der Waals surface area contributed by atoms with E-state index < -0.39 is 6.41 Å². The lowest BCUT2D eigenvalue weighted by atomic mass is 9.99. The van der Waals surface area contributed by atoms with Gasteiger partial charge in [0.15, 0.2) is 0 Å². The van der Waals surface area contributed by atoms with E-state index in [0.717, 1.165) is 18.4 Å². The molecule has 0 aromatic rings. The monoisotopic (exact) mass is 195 g/mol. The van der Waals surface area contributed by atoms with E-state index in [1.807, 2.05) is 19.1 Å². The van der Waals surface area contributed by atoms with Crippen molar-refractivity contribution in [2.45, 2.75) is 32.2 Å². The van der Waals surface area contributed by atoms with E-state index in [9.17, 15) is 0 Å². The van der Waals surface area contributed by atoms with Crippen molar-refractivity contribution in [3.8, 4) is 0 Å². The molecular formula is C11H17NO2. The Morgan fingerprint density at radius 1 is 1.50 bits per heavy atom. The van der Waals surface area contributed by atoms with E-state index in [-0.39, 0.29) is 6.04 Å². The zero-order valence-electron chi connectivity index (χ0n) is 8.40. The maximum atomic E-state index is 8.69. The van der Waals surface area contributed by atoms with Crippen molar-refractivity contribution in [2.75, 3.05) is 0 Å². The summed E-state index contributed by atoms with van der Waals surface area (Å²) in [6.45, 7) is 5.76. The molecule has 0 saturated heterocycles. The lowest BCUT2D eigenvalue weighted by molar-refractivity contribution is -0.0720. The summed E-state index contributed by atoms with van der Waals surface area (Å²) < 4.78 is 0. The maximum Gasteiger partial charge on any atom is 0.211 e. The van der Waals surface area contributed by atoms with Crippen LogP contribution >= 0.6 is 0 Å². The Bertz CT molecular complexity index is 266. The van der Waals surface area contributed by atoms with E-state index in [1.165, 1.54) is 5.57 Å². The smallest absolute Gasteiger partial charge is 0.211 e. The Morgan fingerprint density at radius 3 is 2.71 bits per heavy atom. The molecule has 1 aliphatic carbocycles. The Morgan fingerprint density at radius 2 is 2.21 bits per heavy atom. The van der Waals surface area contributed by atoms with E-state index in [4.69, 9.17) is 10.2 Å². The summed E-state index contributed by atoms with van der Waals surface area (Å²) in [4.78, 5) is 0. The molecule has 14 heavy (non-hydrogen) atoms. The summed E-state index contributed by atoms with van der Waals surface area (Å²) >= 11 is 0. The molecule has 0 saturated carbocycles. The second-order valence-electron chi connectivity index (χ2n) is 3.62. The number of rotatable bonds is 4. The summed E-state index contributed by atoms with van der Waals surface area (Å²) in [6.07, 6.45) is 6.38. The fraction of sp³-hybridized carbons (Fsp3) is 0.455. The predicted molar refractivity (Wildman–Crippen MR) is 56.4 cm³/mol. The number of aliphatic hydroxyl groups excluding tert-OH is 1. The Labute approximate surface area is 84.5 Å². The highest BCUT2D eigenvalue weighted by molar-refractivity contribution is 5.34. The molecule has 0 bridgehead atoms. The molecule has 0 aliphatic heterocycles. The Balaban J connectivity index is 2.38. The number of hydrogen-bond acceptors (Lipinski definition) is 3. The molecular weight excluding hydrogens is 178 g/mol. The molecule has 0 fully saturated rings. The van der Waals surface area contributed by atoms with Gasteiger partial charge in [-0.15, -0.1) is 0 Å². The van der Waals surface area contributed by atoms with Gasteiger partial charge >= 0.3 is 0 Å². The highest BCUT2D eigenvalue weighted by Gasteiger charge is 2.08. The molecule has 0 spiro atoms. The van der Waals surface area contributed by atoms with Crippen LogP contribution in [0.5, 0.6) is 0 Å². The van der Waals surface area contributed by atoms with Crippen LogP contribution in [-0.2, 0) is 0 Å². The molecule has 3 N–H and O–H groups in total. The SMILES string of the molecule is C=C1C=CC(CC(C)NC(O)O)=CC1. The summed E-state index contributed by atoms with van der Waals surface area (Å²) in [6, 6.07) is 0.0530. The van der Waals surface area contributed by atoms with Gasteiger partial charge in [0.25, 0.3) is 0 Å². The van der Waals surface area contributed by atoms with Crippen molar-refractivity contribution in [2.24, 2.45) is 0 Å². The fourth-order valence-electron chi connectivity index (χ4n) is 1.44. The van der Waals surface area contributed by atoms with Crippen LogP contribution in [0.2, 0.25) is 0 Å². The first-order chi connectivity index (χ1) is 6.58. The van der Waals surface area contributed by atoms with E-state index in [0.29, 0.717) is 0 Å². The highest BCUT2D eigenvalue weighted by atomic mass is 16.5. The molecule has 0 aromatic heterocycles. The van der Waals surface area contributed by atoms with E-state index in [1.54, 1.807) is 0 Å². The number of aliphatic hydroxyl groups is 2. The zero-order valence-corrected chi connectivity index (χ0v) is 8.40. The van der Waals surface area contributed by atoms with Gasteiger partial charge in [0.05, 0.1) is 0 Å². The molecule has 1 aliphatic rings. The molecule has 78 valence electrons. The third-order valence-electron chi connectivity index (χ3n) is 2.14. The van der Waals surface area contributed by atoms with Crippen molar-refractivity contribution in [3.63, 3.8) is 0 Å². The zero-order chi connectivity index (χ0) is 10.6. The normalized spacial score (nSPS) is 18.6. The molecule has 0 amide bonds. The molecule has 1 atom stereocenters. The van der Waals surface area contributed by atoms with Crippen molar-refractivity contribution < 1.29 is 10.2 Å². The summed E-state index contributed by atoms with van der Waals surface area (Å²) in [7, 11) is 0. The highest BCUT2D eigenvalue weighted by Crippen LogP contribution is 2.17. The quantitative estimate of drug-likeness (QED) is 0.588. The van der Waals surface area contributed by atoms with Gasteiger partial charge in [-0.3, -0.25) is 5.32 Å². The van der Waals surface area contributed by atoms with Gasteiger partial charge in [0.1, 0.15) is 0 Å². The second-order valence-corrected chi connectivity index (χ2v) is 3.62. The van der Waals surface area contributed by atoms with Gasteiger partial charge in [-0.1, -0.05) is 36.0 Å². The van der Waals surface area contributed by atoms with Crippen LogP contribution in [0.15, 0.2) is 36.0 Å². The third kappa shape index (κ3) is 3.87. The largest absolute Gasteiger partial charge is 0.356 e. The van der Waals surface area contributed by atoms with Crippen molar-refractivity contribution in [1.29, 1.82) is 0 Å². The number of hydrogen-bond donors (Lipinski definition) is 3. The van der Waals surface area contributed by atoms with Crippen LogP contribution in [0.25, 0.3) is 0 Å². The van der Waals surface area contributed by atoms with Crippen LogP contribution in [0.4, 0.5) is 0 Å².